The van der Waals surface area contributed by atoms with Crippen molar-refractivity contribution < 1.29 is 14.1 Å². The zero-order valence-electron chi connectivity index (χ0n) is 16.0. The van der Waals surface area contributed by atoms with Gasteiger partial charge >= 0.3 is 7.12 Å². The second kappa shape index (κ2) is 5.31. The first-order valence-corrected chi connectivity index (χ1v) is 9.35. The fourth-order valence-electron chi connectivity index (χ4n) is 4.08. The van der Waals surface area contributed by atoms with Crippen molar-refractivity contribution in [3.63, 3.8) is 0 Å². The lowest BCUT2D eigenvalue weighted by atomic mass is 9.73. The van der Waals surface area contributed by atoms with Crippen LogP contribution in [0.1, 0.15) is 43.6 Å². The van der Waals surface area contributed by atoms with Gasteiger partial charge in [-0.25, -0.2) is 0 Å². The number of rotatable bonds is 1. The van der Waals surface area contributed by atoms with E-state index in [-0.39, 0.29) is 5.78 Å². The van der Waals surface area contributed by atoms with E-state index in [4.69, 9.17) is 9.31 Å². The Hall–Kier alpha value is -2.43. The van der Waals surface area contributed by atoms with Crippen LogP contribution in [0, 0.1) is 0 Å². The fraction of sp³-hybridized carbons (Fsp3) is 0.261. The quantitative estimate of drug-likeness (QED) is 0.476. The van der Waals surface area contributed by atoms with Crippen molar-refractivity contribution in [3.8, 4) is 11.1 Å². The van der Waals surface area contributed by atoms with E-state index in [1.807, 2.05) is 64.1 Å². The van der Waals surface area contributed by atoms with Gasteiger partial charge in [-0.2, -0.15) is 0 Å². The Balaban J connectivity index is 1.81. The molecule has 0 aromatic heterocycles. The Kier molecular flexibility index (Phi) is 3.29. The van der Waals surface area contributed by atoms with Crippen LogP contribution in [-0.4, -0.2) is 24.1 Å². The van der Waals surface area contributed by atoms with Gasteiger partial charge in [0, 0.05) is 16.7 Å². The molecule has 3 aromatic rings. The summed E-state index contributed by atoms with van der Waals surface area (Å²) in [6, 6.07) is 18.1. The van der Waals surface area contributed by atoms with Crippen LogP contribution >= 0.6 is 0 Å². The summed E-state index contributed by atoms with van der Waals surface area (Å²) in [5.74, 6) is 0.0519. The predicted molar refractivity (Wildman–Crippen MR) is 109 cm³/mol. The topological polar surface area (TPSA) is 35.5 Å². The van der Waals surface area contributed by atoms with Crippen LogP contribution in [-0.2, 0) is 9.31 Å². The summed E-state index contributed by atoms with van der Waals surface area (Å²) in [6.45, 7) is 8.13. The van der Waals surface area contributed by atoms with Gasteiger partial charge in [-0.15, -0.1) is 0 Å². The molecule has 0 amide bonds. The van der Waals surface area contributed by atoms with Crippen LogP contribution in [0.15, 0.2) is 54.6 Å². The molecule has 0 bridgehead atoms. The van der Waals surface area contributed by atoms with E-state index in [1.165, 1.54) is 0 Å². The van der Waals surface area contributed by atoms with Gasteiger partial charge in [0.15, 0.2) is 5.78 Å². The normalized spacial score (nSPS) is 19.4. The van der Waals surface area contributed by atoms with Crippen LogP contribution in [0.3, 0.4) is 0 Å². The molecule has 3 nitrogen and oxygen atoms in total. The fourth-order valence-corrected chi connectivity index (χ4v) is 4.08. The average Bonchev–Trinajstić information content (AvgIpc) is 3.05. The minimum Gasteiger partial charge on any atom is -0.399 e. The van der Waals surface area contributed by atoms with Crippen LogP contribution in [0.2, 0.25) is 0 Å². The molecule has 0 spiro atoms. The summed E-state index contributed by atoms with van der Waals surface area (Å²) in [5.41, 5.74) is 3.37. The Morgan fingerprint density at radius 2 is 1.37 bits per heavy atom. The summed E-state index contributed by atoms with van der Waals surface area (Å²) in [6.07, 6.45) is 0. The predicted octanol–water partition coefficient (Wildman–Crippen LogP) is 4.35. The standard InChI is InChI=1S/C23H21BO3/c1-22(2)23(3,4)27-24(26-22)18-13-14-9-5-6-10-15(14)19-16-11-7-8-12-17(16)21(25)20(18)19/h5-13H,1-4H3. The van der Waals surface area contributed by atoms with Crippen molar-refractivity contribution in [2.75, 3.05) is 0 Å². The number of benzene rings is 3. The molecule has 1 saturated heterocycles. The summed E-state index contributed by atoms with van der Waals surface area (Å²) in [7, 11) is -0.563. The van der Waals surface area contributed by atoms with E-state index in [9.17, 15) is 4.79 Å². The summed E-state index contributed by atoms with van der Waals surface area (Å²) >= 11 is 0. The Labute approximate surface area is 159 Å². The molecule has 27 heavy (non-hydrogen) atoms. The zero-order chi connectivity index (χ0) is 19.0. The summed E-state index contributed by atoms with van der Waals surface area (Å²) < 4.78 is 12.6. The van der Waals surface area contributed by atoms with E-state index in [0.29, 0.717) is 5.56 Å². The summed E-state index contributed by atoms with van der Waals surface area (Å²) in [4.78, 5) is 13.3. The van der Waals surface area contributed by atoms with Crippen molar-refractivity contribution in [3.05, 3.63) is 65.7 Å². The highest BCUT2D eigenvalue weighted by atomic mass is 16.7. The third-order valence-electron chi connectivity index (χ3n) is 6.26. The third kappa shape index (κ3) is 2.20. The van der Waals surface area contributed by atoms with Gasteiger partial charge in [0.2, 0.25) is 0 Å². The summed E-state index contributed by atoms with van der Waals surface area (Å²) in [5, 5.41) is 2.18. The minimum atomic E-state index is -0.563. The van der Waals surface area contributed by atoms with Crippen LogP contribution in [0.25, 0.3) is 21.9 Å². The Morgan fingerprint density at radius 1 is 0.778 bits per heavy atom. The molecule has 0 unspecified atom stereocenters. The zero-order valence-corrected chi connectivity index (χ0v) is 16.0. The van der Waals surface area contributed by atoms with E-state index >= 15 is 0 Å². The molecule has 0 N–H and O–H groups in total. The maximum atomic E-state index is 13.3. The number of hydrogen-bond donors (Lipinski definition) is 0. The molecular weight excluding hydrogens is 335 g/mol. The van der Waals surface area contributed by atoms with Crippen molar-refractivity contribution in [1.82, 2.24) is 0 Å². The van der Waals surface area contributed by atoms with Crippen molar-refractivity contribution in [1.29, 1.82) is 0 Å². The minimum absolute atomic E-state index is 0.0519. The van der Waals surface area contributed by atoms with E-state index in [2.05, 4.69) is 18.2 Å². The van der Waals surface area contributed by atoms with Gasteiger partial charge in [0.05, 0.1) is 11.2 Å². The molecule has 0 atom stereocenters. The van der Waals surface area contributed by atoms with Gasteiger partial charge in [-0.1, -0.05) is 54.6 Å². The molecule has 5 rings (SSSR count). The number of carbonyl (C=O) groups is 1. The van der Waals surface area contributed by atoms with Crippen LogP contribution in [0.4, 0.5) is 0 Å². The molecule has 1 aliphatic carbocycles. The second-order valence-electron chi connectivity index (χ2n) is 8.40. The molecule has 0 saturated carbocycles. The van der Waals surface area contributed by atoms with E-state index < -0.39 is 18.3 Å². The molecule has 1 fully saturated rings. The van der Waals surface area contributed by atoms with E-state index in [1.54, 1.807) is 0 Å². The monoisotopic (exact) mass is 356 g/mol. The van der Waals surface area contributed by atoms with Gasteiger partial charge in [0.1, 0.15) is 0 Å². The van der Waals surface area contributed by atoms with Crippen LogP contribution < -0.4 is 5.46 Å². The smallest absolute Gasteiger partial charge is 0.399 e. The number of ketones is 1. The molecule has 3 aromatic carbocycles. The van der Waals surface area contributed by atoms with Crippen molar-refractivity contribution in [2.45, 2.75) is 38.9 Å². The van der Waals surface area contributed by atoms with Crippen molar-refractivity contribution in [2.24, 2.45) is 0 Å². The first-order chi connectivity index (χ1) is 12.8. The highest BCUT2D eigenvalue weighted by molar-refractivity contribution is 6.65. The maximum absolute atomic E-state index is 13.3. The molecule has 1 heterocycles. The first kappa shape index (κ1) is 16.7. The lowest BCUT2D eigenvalue weighted by Gasteiger charge is -2.32. The van der Waals surface area contributed by atoms with Gasteiger partial charge < -0.3 is 9.31 Å². The number of hydrogen-bond acceptors (Lipinski definition) is 3. The van der Waals surface area contributed by atoms with Gasteiger partial charge in [-0.3, -0.25) is 4.79 Å². The lowest BCUT2D eigenvalue weighted by Crippen LogP contribution is -2.41. The van der Waals surface area contributed by atoms with Gasteiger partial charge in [0.25, 0.3) is 0 Å². The van der Waals surface area contributed by atoms with E-state index in [0.717, 1.165) is 32.9 Å². The van der Waals surface area contributed by atoms with Gasteiger partial charge in [-0.05, 0) is 49.5 Å². The SMILES string of the molecule is CC1(C)OB(c2cc3ccccc3c3c2C(=O)c2ccccc2-3)OC1(C)C. The molecular formula is C23H21BO3. The third-order valence-corrected chi connectivity index (χ3v) is 6.26. The molecule has 134 valence electrons. The second-order valence-corrected chi connectivity index (χ2v) is 8.40. The average molecular weight is 356 g/mol. The Bertz CT molecular complexity index is 1100. The Morgan fingerprint density at radius 3 is 2.07 bits per heavy atom. The molecule has 2 aliphatic rings. The first-order valence-electron chi connectivity index (χ1n) is 9.35. The number of fused-ring (bicyclic) bond motifs is 5. The van der Waals surface area contributed by atoms with Crippen LogP contribution in [0.5, 0.6) is 0 Å². The largest absolute Gasteiger partial charge is 0.495 e. The maximum Gasteiger partial charge on any atom is 0.495 e. The number of carbonyl (C=O) groups excluding carboxylic acids is 1. The molecule has 0 radical (unpaired) electrons. The highest BCUT2D eigenvalue weighted by Gasteiger charge is 2.53. The molecule has 4 heteroatoms. The van der Waals surface area contributed by atoms with Crippen molar-refractivity contribution >= 4 is 29.1 Å². The molecule has 1 aliphatic heterocycles. The lowest BCUT2D eigenvalue weighted by molar-refractivity contribution is 0.00578. The highest BCUT2D eigenvalue weighted by Crippen LogP contribution is 2.42.